The lowest BCUT2D eigenvalue weighted by molar-refractivity contribution is -0.123. The van der Waals surface area contributed by atoms with Gasteiger partial charge in [0.1, 0.15) is 0 Å². The van der Waals surface area contributed by atoms with Crippen LogP contribution in [0.4, 0.5) is 0 Å². The van der Waals surface area contributed by atoms with Crippen LogP contribution in [0.3, 0.4) is 0 Å². The van der Waals surface area contributed by atoms with Gasteiger partial charge in [-0.2, -0.15) is 0 Å². The molecule has 0 aromatic heterocycles. The van der Waals surface area contributed by atoms with Crippen LogP contribution in [-0.2, 0) is 9.53 Å². The summed E-state index contributed by atoms with van der Waals surface area (Å²) >= 11 is 0. The summed E-state index contributed by atoms with van der Waals surface area (Å²) in [5, 5.41) is 3.12. The molecule has 1 saturated heterocycles. The molecule has 4 heteroatoms. The third kappa shape index (κ3) is 7.85. The molecule has 0 aromatic rings. The van der Waals surface area contributed by atoms with Crippen molar-refractivity contribution in [2.24, 2.45) is 5.92 Å². The van der Waals surface area contributed by atoms with Gasteiger partial charge in [-0.05, 0) is 32.6 Å². The molecule has 20 heavy (non-hydrogen) atoms. The highest BCUT2D eigenvalue weighted by Crippen LogP contribution is 2.11. The van der Waals surface area contributed by atoms with Gasteiger partial charge in [-0.3, -0.25) is 9.69 Å². The standard InChI is InChI=1S/C16H32N2O2/c1-13(2)10-18-11-15(12-18)17-16(19)8-6-5-7-9-20-14(3)4/h13-15H,5-12H2,1-4H3,(H,17,19). The Hall–Kier alpha value is -0.610. The molecule has 1 fully saturated rings. The van der Waals surface area contributed by atoms with E-state index in [-0.39, 0.29) is 5.91 Å². The van der Waals surface area contributed by atoms with E-state index in [2.05, 4.69) is 37.9 Å². The van der Waals surface area contributed by atoms with Crippen LogP contribution >= 0.6 is 0 Å². The number of unbranched alkanes of at least 4 members (excludes halogenated alkanes) is 2. The van der Waals surface area contributed by atoms with E-state index >= 15 is 0 Å². The van der Waals surface area contributed by atoms with Gasteiger partial charge in [-0.1, -0.05) is 20.3 Å². The van der Waals surface area contributed by atoms with Crippen LogP contribution in [0.5, 0.6) is 0 Å². The summed E-state index contributed by atoms with van der Waals surface area (Å²) in [7, 11) is 0. The molecule has 4 nitrogen and oxygen atoms in total. The molecule has 1 rings (SSSR count). The molecule has 0 radical (unpaired) electrons. The summed E-state index contributed by atoms with van der Waals surface area (Å²) in [5.74, 6) is 0.920. The molecule has 1 amide bonds. The van der Waals surface area contributed by atoms with Gasteiger partial charge in [0.25, 0.3) is 0 Å². The number of amides is 1. The second-order valence-corrected chi connectivity index (χ2v) is 6.61. The first-order valence-corrected chi connectivity index (χ1v) is 8.10. The van der Waals surface area contributed by atoms with Gasteiger partial charge < -0.3 is 10.1 Å². The quantitative estimate of drug-likeness (QED) is 0.626. The number of likely N-dealkylation sites (tertiary alicyclic amines) is 1. The fourth-order valence-corrected chi connectivity index (χ4v) is 2.51. The minimum atomic E-state index is 0.212. The molecule has 0 aliphatic carbocycles. The second kappa shape index (κ2) is 9.35. The van der Waals surface area contributed by atoms with Gasteiger partial charge in [0.2, 0.25) is 5.91 Å². The average Bonchev–Trinajstić information content (AvgIpc) is 2.30. The average molecular weight is 284 g/mol. The van der Waals surface area contributed by atoms with E-state index in [4.69, 9.17) is 4.74 Å². The summed E-state index contributed by atoms with van der Waals surface area (Å²) in [5.41, 5.74) is 0. The van der Waals surface area contributed by atoms with Crippen molar-refractivity contribution in [1.29, 1.82) is 0 Å². The van der Waals surface area contributed by atoms with E-state index < -0.39 is 0 Å². The zero-order chi connectivity index (χ0) is 15.0. The number of nitrogens with zero attached hydrogens (tertiary/aromatic N) is 1. The van der Waals surface area contributed by atoms with Crippen LogP contribution in [0.1, 0.15) is 53.4 Å². The number of hydrogen-bond acceptors (Lipinski definition) is 3. The Bertz CT molecular complexity index is 274. The van der Waals surface area contributed by atoms with Crippen LogP contribution in [0.2, 0.25) is 0 Å². The largest absolute Gasteiger partial charge is 0.379 e. The van der Waals surface area contributed by atoms with Crippen LogP contribution in [0.15, 0.2) is 0 Å². The van der Waals surface area contributed by atoms with Gasteiger partial charge >= 0.3 is 0 Å². The number of hydrogen-bond donors (Lipinski definition) is 1. The van der Waals surface area contributed by atoms with Gasteiger partial charge in [-0.25, -0.2) is 0 Å². The Morgan fingerprint density at radius 3 is 2.50 bits per heavy atom. The van der Waals surface area contributed by atoms with E-state index in [1.165, 1.54) is 0 Å². The highest BCUT2D eigenvalue weighted by Gasteiger charge is 2.27. The molecule has 0 bridgehead atoms. The number of ether oxygens (including phenoxy) is 1. The minimum absolute atomic E-state index is 0.212. The lowest BCUT2D eigenvalue weighted by Gasteiger charge is -2.40. The monoisotopic (exact) mass is 284 g/mol. The maximum atomic E-state index is 11.8. The summed E-state index contributed by atoms with van der Waals surface area (Å²) in [6, 6.07) is 0.380. The summed E-state index contributed by atoms with van der Waals surface area (Å²) < 4.78 is 5.48. The predicted octanol–water partition coefficient (Wildman–Crippen LogP) is 2.43. The van der Waals surface area contributed by atoms with Crippen molar-refractivity contribution in [1.82, 2.24) is 10.2 Å². The Morgan fingerprint density at radius 2 is 1.90 bits per heavy atom. The zero-order valence-corrected chi connectivity index (χ0v) is 13.7. The SMILES string of the molecule is CC(C)CN1CC(NC(=O)CCCCCOC(C)C)C1. The van der Waals surface area contributed by atoms with E-state index in [1.54, 1.807) is 0 Å². The number of nitrogens with one attached hydrogen (secondary N) is 1. The van der Waals surface area contributed by atoms with Gasteiger partial charge in [0.05, 0.1) is 12.1 Å². The maximum Gasteiger partial charge on any atom is 0.220 e. The minimum Gasteiger partial charge on any atom is -0.379 e. The Balaban J connectivity index is 1.92. The summed E-state index contributed by atoms with van der Waals surface area (Å²) in [6.07, 6.45) is 4.06. The smallest absolute Gasteiger partial charge is 0.220 e. The van der Waals surface area contributed by atoms with Crippen molar-refractivity contribution in [2.45, 2.75) is 65.5 Å². The summed E-state index contributed by atoms with van der Waals surface area (Å²) in [4.78, 5) is 14.2. The number of carbonyl (C=O) groups excluding carboxylic acids is 1. The van der Waals surface area contributed by atoms with Crippen molar-refractivity contribution >= 4 is 5.91 Å². The van der Waals surface area contributed by atoms with E-state index in [9.17, 15) is 4.79 Å². The van der Waals surface area contributed by atoms with Crippen LogP contribution in [0, 0.1) is 5.92 Å². The highest BCUT2D eigenvalue weighted by molar-refractivity contribution is 5.76. The van der Waals surface area contributed by atoms with Crippen molar-refractivity contribution in [3.63, 3.8) is 0 Å². The molecule has 118 valence electrons. The Kier molecular flexibility index (Phi) is 8.15. The normalized spacial score (nSPS) is 16.7. The molecule has 1 aliphatic heterocycles. The fraction of sp³-hybridized carbons (Fsp3) is 0.938. The molecule has 0 saturated carbocycles. The molecule has 0 spiro atoms. The van der Waals surface area contributed by atoms with Crippen molar-refractivity contribution in [2.75, 3.05) is 26.2 Å². The Morgan fingerprint density at radius 1 is 1.20 bits per heavy atom. The van der Waals surface area contributed by atoms with Crippen LogP contribution in [0.25, 0.3) is 0 Å². The molecule has 1 heterocycles. The first kappa shape index (κ1) is 17.4. The predicted molar refractivity (Wildman–Crippen MR) is 82.8 cm³/mol. The van der Waals surface area contributed by atoms with Crippen molar-refractivity contribution in [3.05, 3.63) is 0 Å². The van der Waals surface area contributed by atoms with Gasteiger partial charge in [-0.15, -0.1) is 0 Å². The molecule has 1 N–H and O–H groups in total. The Labute approximate surface area is 124 Å². The molecule has 0 aromatic carbocycles. The molecule has 1 aliphatic rings. The van der Waals surface area contributed by atoms with E-state index in [1.807, 2.05) is 0 Å². The van der Waals surface area contributed by atoms with Gasteiger partial charge in [0.15, 0.2) is 0 Å². The highest BCUT2D eigenvalue weighted by atomic mass is 16.5. The van der Waals surface area contributed by atoms with E-state index in [0.717, 1.165) is 45.5 Å². The first-order valence-electron chi connectivity index (χ1n) is 8.10. The lowest BCUT2D eigenvalue weighted by atomic mass is 10.1. The van der Waals surface area contributed by atoms with E-state index in [0.29, 0.717) is 24.5 Å². The second-order valence-electron chi connectivity index (χ2n) is 6.61. The zero-order valence-electron chi connectivity index (χ0n) is 13.7. The molecule has 0 atom stereocenters. The first-order chi connectivity index (χ1) is 9.47. The van der Waals surface area contributed by atoms with Crippen molar-refractivity contribution < 1.29 is 9.53 Å². The maximum absolute atomic E-state index is 11.8. The molecular weight excluding hydrogens is 252 g/mol. The number of carbonyl (C=O) groups is 1. The summed E-state index contributed by atoms with van der Waals surface area (Å²) in [6.45, 7) is 12.6. The third-order valence-electron chi connectivity index (χ3n) is 3.44. The fourth-order valence-electron chi connectivity index (χ4n) is 2.51. The van der Waals surface area contributed by atoms with Crippen molar-refractivity contribution in [3.8, 4) is 0 Å². The van der Waals surface area contributed by atoms with Gasteiger partial charge in [0, 0.05) is 32.7 Å². The van der Waals surface area contributed by atoms with Crippen LogP contribution in [-0.4, -0.2) is 49.2 Å². The molecule has 0 unspecified atom stereocenters. The topological polar surface area (TPSA) is 41.6 Å². The lowest BCUT2D eigenvalue weighted by Crippen LogP contribution is -2.59. The molecular formula is C16H32N2O2. The third-order valence-corrected chi connectivity index (χ3v) is 3.44. The number of rotatable bonds is 10. The van der Waals surface area contributed by atoms with Crippen LogP contribution < -0.4 is 5.32 Å².